The first kappa shape index (κ1) is 12.5. The lowest BCUT2D eigenvalue weighted by atomic mass is 10.2. The number of aromatic nitrogens is 3. The molecule has 5 heteroatoms. The first-order chi connectivity index (χ1) is 8.60. The SMILES string of the molecule is Cc1nc(Sc2ccnc(C#N)c2)nc(C)c1C. The van der Waals surface area contributed by atoms with Crippen molar-refractivity contribution in [2.45, 2.75) is 30.8 Å². The zero-order valence-electron chi connectivity index (χ0n) is 10.4. The fourth-order valence-corrected chi connectivity index (χ4v) is 2.30. The van der Waals surface area contributed by atoms with Crippen molar-refractivity contribution in [2.75, 3.05) is 0 Å². The van der Waals surface area contributed by atoms with Gasteiger partial charge in [-0.15, -0.1) is 0 Å². The summed E-state index contributed by atoms with van der Waals surface area (Å²) < 4.78 is 0. The van der Waals surface area contributed by atoms with Crippen molar-refractivity contribution in [3.05, 3.63) is 41.0 Å². The fraction of sp³-hybridized carbons (Fsp3) is 0.231. The van der Waals surface area contributed by atoms with E-state index >= 15 is 0 Å². The predicted molar refractivity (Wildman–Crippen MR) is 69.3 cm³/mol. The van der Waals surface area contributed by atoms with Crippen molar-refractivity contribution >= 4 is 11.8 Å². The Morgan fingerprint density at radius 3 is 2.44 bits per heavy atom. The summed E-state index contributed by atoms with van der Waals surface area (Å²) in [5, 5.41) is 9.50. The summed E-state index contributed by atoms with van der Waals surface area (Å²) in [6.45, 7) is 5.96. The Labute approximate surface area is 110 Å². The molecule has 0 saturated heterocycles. The summed E-state index contributed by atoms with van der Waals surface area (Å²) in [6, 6.07) is 5.60. The molecule has 2 aromatic rings. The maximum atomic E-state index is 8.80. The van der Waals surface area contributed by atoms with E-state index in [0.29, 0.717) is 10.9 Å². The molecule has 0 bridgehead atoms. The van der Waals surface area contributed by atoms with Gasteiger partial charge in [0.15, 0.2) is 5.16 Å². The van der Waals surface area contributed by atoms with Gasteiger partial charge in [-0.1, -0.05) is 0 Å². The molecular weight excluding hydrogens is 244 g/mol. The molecule has 2 rings (SSSR count). The lowest BCUT2D eigenvalue weighted by molar-refractivity contribution is 0.881. The molecule has 0 amide bonds. The number of hydrogen-bond donors (Lipinski definition) is 0. The third-order valence-corrected chi connectivity index (χ3v) is 3.52. The second-order valence-electron chi connectivity index (χ2n) is 3.89. The third kappa shape index (κ3) is 2.66. The summed E-state index contributed by atoms with van der Waals surface area (Å²) in [5.74, 6) is 0. The zero-order chi connectivity index (χ0) is 13.1. The highest BCUT2D eigenvalue weighted by Gasteiger charge is 2.06. The maximum absolute atomic E-state index is 8.80. The number of aryl methyl sites for hydroxylation is 2. The highest BCUT2D eigenvalue weighted by atomic mass is 32.2. The Bertz CT molecular complexity index is 608. The van der Waals surface area contributed by atoms with Crippen molar-refractivity contribution in [1.29, 1.82) is 5.26 Å². The van der Waals surface area contributed by atoms with E-state index < -0.39 is 0 Å². The van der Waals surface area contributed by atoms with Crippen molar-refractivity contribution < 1.29 is 0 Å². The molecular formula is C13H12N4S. The second kappa shape index (κ2) is 5.15. The molecule has 0 aromatic carbocycles. The molecule has 0 saturated carbocycles. The van der Waals surface area contributed by atoms with Gasteiger partial charge in [-0.2, -0.15) is 5.26 Å². The van der Waals surface area contributed by atoms with Crippen molar-refractivity contribution in [3.8, 4) is 6.07 Å². The number of pyridine rings is 1. The topological polar surface area (TPSA) is 62.5 Å². The van der Waals surface area contributed by atoms with Crippen LogP contribution in [0.5, 0.6) is 0 Å². The van der Waals surface area contributed by atoms with Crippen LogP contribution < -0.4 is 0 Å². The van der Waals surface area contributed by atoms with E-state index in [9.17, 15) is 0 Å². The Kier molecular flexibility index (Phi) is 3.58. The molecule has 0 aliphatic rings. The van der Waals surface area contributed by atoms with E-state index in [0.717, 1.165) is 21.8 Å². The highest BCUT2D eigenvalue weighted by molar-refractivity contribution is 7.99. The van der Waals surface area contributed by atoms with E-state index in [4.69, 9.17) is 5.26 Å². The first-order valence-corrected chi connectivity index (χ1v) is 6.27. The van der Waals surface area contributed by atoms with Crippen LogP contribution in [0.1, 0.15) is 22.6 Å². The number of rotatable bonds is 2. The number of hydrogen-bond acceptors (Lipinski definition) is 5. The van der Waals surface area contributed by atoms with Gasteiger partial charge in [-0.25, -0.2) is 15.0 Å². The standard InChI is InChI=1S/C13H12N4S/c1-8-9(2)16-13(17-10(8)3)18-12-4-5-15-11(6-12)7-14/h4-6H,1-3H3. The predicted octanol–water partition coefficient (Wildman–Crippen LogP) is 2.82. The van der Waals surface area contributed by atoms with Crippen LogP contribution in [0.4, 0.5) is 0 Å². The van der Waals surface area contributed by atoms with E-state index in [2.05, 4.69) is 15.0 Å². The van der Waals surface area contributed by atoms with Crippen LogP contribution in [0.2, 0.25) is 0 Å². The number of nitriles is 1. The molecule has 0 aliphatic carbocycles. The van der Waals surface area contributed by atoms with Gasteiger partial charge in [0.1, 0.15) is 11.8 Å². The van der Waals surface area contributed by atoms with Crippen LogP contribution in [0, 0.1) is 32.1 Å². The molecule has 0 atom stereocenters. The summed E-state index contributed by atoms with van der Waals surface area (Å²) in [4.78, 5) is 13.7. The summed E-state index contributed by atoms with van der Waals surface area (Å²) in [5.41, 5.74) is 3.49. The van der Waals surface area contributed by atoms with Crippen LogP contribution in [0.15, 0.2) is 28.4 Å². The van der Waals surface area contributed by atoms with Crippen molar-refractivity contribution in [3.63, 3.8) is 0 Å². The first-order valence-electron chi connectivity index (χ1n) is 5.46. The van der Waals surface area contributed by atoms with Gasteiger partial charge in [0.25, 0.3) is 0 Å². The molecule has 0 radical (unpaired) electrons. The van der Waals surface area contributed by atoms with Crippen molar-refractivity contribution in [1.82, 2.24) is 15.0 Å². The lowest BCUT2D eigenvalue weighted by Gasteiger charge is -2.06. The average Bonchev–Trinajstić information content (AvgIpc) is 2.36. The molecule has 0 spiro atoms. The van der Waals surface area contributed by atoms with Crippen LogP contribution in [-0.2, 0) is 0 Å². The van der Waals surface area contributed by atoms with Gasteiger partial charge < -0.3 is 0 Å². The summed E-state index contributed by atoms with van der Waals surface area (Å²) in [7, 11) is 0. The largest absolute Gasteiger partial charge is 0.245 e. The van der Waals surface area contributed by atoms with Crippen LogP contribution in [0.3, 0.4) is 0 Å². The minimum absolute atomic E-state index is 0.403. The Morgan fingerprint density at radius 2 is 1.83 bits per heavy atom. The van der Waals surface area contributed by atoms with Gasteiger partial charge in [-0.05, 0) is 50.2 Å². The van der Waals surface area contributed by atoms with Gasteiger partial charge >= 0.3 is 0 Å². The van der Waals surface area contributed by atoms with Gasteiger partial charge in [0, 0.05) is 22.5 Å². The maximum Gasteiger partial charge on any atom is 0.192 e. The molecule has 0 fully saturated rings. The minimum Gasteiger partial charge on any atom is -0.245 e. The van der Waals surface area contributed by atoms with Gasteiger partial charge in [-0.3, -0.25) is 0 Å². The summed E-state index contributed by atoms with van der Waals surface area (Å²) in [6.07, 6.45) is 1.62. The summed E-state index contributed by atoms with van der Waals surface area (Å²) >= 11 is 1.44. The van der Waals surface area contributed by atoms with E-state index in [1.807, 2.05) is 32.9 Å². The van der Waals surface area contributed by atoms with Gasteiger partial charge in [0.05, 0.1) is 0 Å². The lowest BCUT2D eigenvalue weighted by Crippen LogP contribution is -1.97. The van der Waals surface area contributed by atoms with E-state index in [1.54, 1.807) is 12.3 Å². The van der Waals surface area contributed by atoms with E-state index in [1.165, 1.54) is 11.8 Å². The zero-order valence-corrected chi connectivity index (χ0v) is 11.2. The Balaban J connectivity index is 2.32. The fourth-order valence-electron chi connectivity index (χ4n) is 1.43. The molecule has 2 heterocycles. The van der Waals surface area contributed by atoms with E-state index in [-0.39, 0.29) is 0 Å². The van der Waals surface area contributed by atoms with Crippen LogP contribution >= 0.6 is 11.8 Å². The molecule has 90 valence electrons. The van der Waals surface area contributed by atoms with Gasteiger partial charge in [0.2, 0.25) is 0 Å². The molecule has 18 heavy (non-hydrogen) atoms. The molecule has 0 unspecified atom stereocenters. The Hall–Kier alpha value is -1.93. The minimum atomic E-state index is 0.403. The molecule has 0 N–H and O–H groups in total. The third-order valence-electron chi connectivity index (χ3n) is 2.67. The average molecular weight is 256 g/mol. The van der Waals surface area contributed by atoms with Crippen LogP contribution in [0.25, 0.3) is 0 Å². The smallest absolute Gasteiger partial charge is 0.192 e. The second-order valence-corrected chi connectivity index (χ2v) is 4.93. The quantitative estimate of drug-likeness (QED) is 0.773. The molecule has 4 nitrogen and oxygen atoms in total. The van der Waals surface area contributed by atoms with Crippen LogP contribution in [-0.4, -0.2) is 15.0 Å². The van der Waals surface area contributed by atoms with Crippen molar-refractivity contribution in [2.24, 2.45) is 0 Å². The normalized spacial score (nSPS) is 10.1. The Morgan fingerprint density at radius 1 is 1.17 bits per heavy atom. The molecule has 2 aromatic heterocycles. The highest BCUT2D eigenvalue weighted by Crippen LogP contribution is 2.25. The molecule has 0 aliphatic heterocycles. The monoisotopic (exact) mass is 256 g/mol. The number of nitrogens with zero attached hydrogens (tertiary/aromatic N) is 4.